The smallest absolute Gasteiger partial charge is 0.228 e. The topological polar surface area (TPSA) is 36.4 Å². The largest absolute Gasteiger partial charge is 0.339 e. The fourth-order valence-corrected chi connectivity index (χ4v) is 4.38. The van der Waals surface area contributed by atoms with Crippen LogP contribution in [0.5, 0.6) is 0 Å². The summed E-state index contributed by atoms with van der Waals surface area (Å²) in [7, 11) is 1.98. The van der Waals surface area contributed by atoms with Gasteiger partial charge in [-0.15, -0.1) is 11.3 Å². The molecule has 6 heteroatoms. The number of aromatic nitrogens is 1. The van der Waals surface area contributed by atoms with Crippen LogP contribution >= 0.6 is 11.3 Å². The predicted molar refractivity (Wildman–Crippen MR) is 110 cm³/mol. The van der Waals surface area contributed by atoms with Gasteiger partial charge < -0.3 is 4.90 Å². The molecule has 1 aliphatic heterocycles. The van der Waals surface area contributed by atoms with Gasteiger partial charge in [-0.1, -0.05) is 48.5 Å². The first-order valence-electron chi connectivity index (χ1n) is 9.34. The van der Waals surface area contributed by atoms with Crippen molar-refractivity contribution in [1.29, 1.82) is 0 Å². The molecule has 4 nitrogen and oxygen atoms in total. The average molecular weight is 396 g/mol. The van der Waals surface area contributed by atoms with Crippen LogP contribution in [0.2, 0.25) is 0 Å². The maximum atomic E-state index is 14.2. The zero-order valence-electron chi connectivity index (χ0n) is 15.7. The van der Waals surface area contributed by atoms with Crippen LogP contribution in [0.4, 0.5) is 4.39 Å². The molecule has 1 unspecified atom stereocenters. The average Bonchev–Trinajstić information content (AvgIpc) is 3.18. The first kappa shape index (κ1) is 18.8. The summed E-state index contributed by atoms with van der Waals surface area (Å²) in [5.74, 6) is -0.181. The van der Waals surface area contributed by atoms with E-state index in [1.807, 2.05) is 53.7 Å². The number of carbonyl (C=O) groups is 1. The highest BCUT2D eigenvalue weighted by atomic mass is 32.1. The summed E-state index contributed by atoms with van der Waals surface area (Å²) in [6.07, 6.45) is 0.275. The molecule has 3 aromatic rings. The van der Waals surface area contributed by atoms with E-state index in [0.717, 1.165) is 22.8 Å². The maximum absolute atomic E-state index is 14.2. The molecule has 2 heterocycles. The molecular weight excluding hydrogens is 373 g/mol. The van der Waals surface area contributed by atoms with E-state index in [1.165, 1.54) is 6.07 Å². The number of thiazole rings is 1. The van der Waals surface area contributed by atoms with E-state index < -0.39 is 0 Å². The Hall–Kier alpha value is -2.57. The van der Waals surface area contributed by atoms with Crippen molar-refractivity contribution in [2.75, 3.05) is 26.7 Å². The fraction of sp³-hybridized carbons (Fsp3) is 0.273. The molecule has 144 valence electrons. The van der Waals surface area contributed by atoms with Gasteiger partial charge in [-0.05, 0) is 13.1 Å². The quantitative estimate of drug-likeness (QED) is 0.670. The minimum Gasteiger partial charge on any atom is -0.339 e. The number of nitrogens with zero attached hydrogens (tertiary/aromatic N) is 3. The Morgan fingerprint density at radius 3 is 2.68 bits per heavy atom. The van der Waals surface area contributed by atoms with Gasteiger partial charge in [0.25, 0.3) is 0 Å². The fourth-order valence-electron chi connectivity index (χ4n) is 3.55. The van der Waals surface area contributed by atoms with E-state index in [4.69, 9.17) is 0 Å². The van der Waals surface area contributed by atoms with Crippen molar-refractivity contribution in [1.82, 2.24) is 14.8 Å². The van der Waals surface area contributed by atoms with Crippen molar-refractivity contribution in [2.45, 2.75) is 12.5 Å². The Bertz CT molecular complexity index is 959. The van der Waals surface area contributed by atoms with Crippen LogP contribution in [0, 0.1) is 5.82 Å². The molecule has 0 radical (unpaired) electrons. The van der Waals surface area contributed by atoms with E-state index in [0.29, 0.717) is 18.7 Å². The third-order valence-electron chi connectivity index (χ3n) is 5.17. The summed E-state index contributed by atoms with van der Waals surface area (Å²) < 4.78 is 14.2. The second-order valence-electron chi connectivity index (χ2n) is 7.04. The van der Waals surface area contributed by atoms with Gasteiger partial charge >= 0.3 is 0 Å². The molecule has 1 aliphatic rings. The van der Waals surface area contributed by atoms with Gasteiger partial charge in [0.1, 0.15) is 10.8 Å². The second-order valence-corrected chi connectivity index (χ2v) is 7.90. The number of rotatable bonds is 4. The predicted octanol–water partition coefficient (Wildman–Crippen LogP) is 4.01. The third-order valence-corrected chi connectivity index (χ3v) is 6.11. The van der Waals surface area contributed by atoms with Gasteiger partial charge in [0.05, 0.1) is 18.2 Å². The molecule has 1 fully saturated rings. The molecule has 28 heavy (non-hydrogen) atoms. The monoisotopic (exact) mass is 395 g/mol. The third kappa shape index (κ3) is 3.98. The molecule has 0 spiro atoms. The minimum absolute atomic E-state index is 0.0411. The number of benzene rings is 2. The highest BCUT2D eigenvalue weighted by Gasteiger charge is 2.30. The lowest BCUT2D eigenvalue weighted by Crippen LogP contribution is -2.49. The van der Waals surface area contributed by atoms with Gasteiger partial charge in [-0.3, -0.25) is 9.69 Å². The van der Waals surface area contributed by atoms with Crippen LogP contribution in [-0.2, 0) is 11.2 Å². The molecule has 1 amide bonds. The lowest BCUT2D eigenvalue weighted by atomic mass is 10.0. The summed E-state index contributed by atoms with van der Waals surface area (Å²) in [6, 6.07) is 16.7. The molecule has 1 aromatic heterocycles. The highest BCUT2D eigenvalue weighted by molar-refractivity contribution is 7.13. The van der Waals surface area contributed by atoms with Crippen LogP contribution in [0.3, 0.4) is 0 Å². The molecule has 0 saturated carbocycles. The molecule has 2 aromatic carbocycles. The first-order valence-corrected chi connectivity index (χ1v) is 10.2. The molecular formula is C22H22FN3OS. The second kappa shape index (κ2) is 8.20. The summed E-state index contributed by atoms with van der Waals surface area (Å²) >= 11 is 1.55. The van der Waals surface area contributed by atoms with Crippen LogP contribution in [0.25, 0.3) is 10.6 Å². The standard InChI is InChI=1S/C22H22FN3OS/c1-25-11-12-26(14-20(25)18-9-5-6-10-19(18)23)21(27)13-17-15-28-22(24-17)16-7-3-2-4-8-16/h2-10,15,20H,11-14H2,1H3. The highest BCUT2D eigenvalue weighted by Crippen LogP contribution is 2.27. The van der Waals surface area contributed by atoms with Crippen molar-refractivity contribution in [3.05, 3.63) is 77.1 Å². The van der Waals surface area contributed by atoms with Crippen LogP contribution in [0.15, 0.2) is 60.0 Å². The molecule has 0 aliphatic carbocycles. The van der Waals surface area contributed by atoms with Crippen molar-refractivity contribution < 1.29 is 9.18 Å². The minimum atomic E-state index is -0.222. The zero-order valence-corrected chi connectivity index (χ0v) is 16.5. The normalized spacial score (nSPS) is 17.6. The van der Waals surface area contributed by atoms with E-state index in [1.54, 1.807) is 23.5 Å². The summed E-state index contributed by atoms with van der Waals surface area (Å²) in [6.45, 7) is 1.86. The number of hydrogen-bond donors (Lipinski definition) is 0. The maximum Gasteiger partial charge on any atom is 0.228 e. The summed E-state index contributed by atoms with van der Waals surface area (Å²) in [4.78, 5) is 21.4. The Balaban J connectivity index is 1.45. The Morgan fingerprint density at radius 1 is 1.14 bits per heavy atom. The SMILES string of the molecule is CN1CCN(C(=O)Cc2csc(-c3ccccc3)n2)CC1c1ccccc1F. The first-order chi connectivity index (χ1) is 13.6. The van der Waals surface area contributed by atoms with Gasteiger partial charge in [0.2, 0.25) is 5.91 Å². The summed E-state index contributed by atoms with van der Waals surface area (Å²) in [5, 5.41) is 2.87. The van der Waals surface area contributed by atoms with E-state index in [9.17, 15) is 9.18 Å². The van der Waals surface area contributed by atoms with Crippen molar-refractivity contribution >= 4 is 17.2 Å². The van der Waals surface area contributed by atoms with Gasteiger partial charge in [0, 0.05) is 36.1 Å². The number of halogens is 1. The van der Waals surface area contributed by atoms with Gasteiger partial charge in [-0.25, -0.2) is 9.37 Å². The number of hydrogen-bond acceptors (Lipinski definition) is 4. The molecule has 1 atom stereocenters. The number of likely N-dealkylation sites (N-methyl/N-ethyl adjacent to an activating group) is 1. The van der Waals surface area contributed by atoms with Crippen molar-refractivity contribution in [2.24, 2.45) is 0 Å². The van der Waals surface area contributed by atoms with Crippen molar-refractivity contribution in [3.8, 4) is 10.6 Å². The lowest BCUT2D eigenvalue weighted by molar-refractivity contribution is -0.133. The molecule has 0 bridgehead atoms. The summed E-state index contributed by atoms with van der Waals surface area (Å²) in [5.41, 5.74) is 2.49. The number of amides is 1. The molecule has 1 saturated heterocycles. The van der Waals surface area contributed by atoms with E-state index in [-0.39, 0.29) is 24.2 Å². The zero-order chi connectivity index (χ0) is 19.5. The Labute approximate surface area is 168 Å². The van der Waals surface area contributed by atoms with Crippen LogP contribution in [0.1, 0.15) is 17.3 Å². The lowest BCUT2D eigenvalue weighted by Gasteiger charge is -2.39. The van der Waals surface area contributed by atoms with Crippen molar-refractivity contribution in [3.63, 3.8) is 0 Å². The number of carbonyl (C=O) groups excluding carboxylic acids is 1. The van der Waals surface area contributed by atoms with Gasteiger partial charge in [0.15, 0.2) is 0 Å². The van der Waals surface area contributed by atoms with E-state index >= 15 is 0 Å². The van der Waals surface area contributed by atoms with Crippen LogP contribution < -0.4 is 0 Å². The van der Waals surface area contributed by atoms with E-state index in [2.05, 4.69) is 9.88 Å². The number of piperazine rings is 1. The van der Waals surface area contributed by atoms with Crippen LogP contribution in [-0.4, -0.2) is 47.4 Å². The van der Waals surface area contributed by atoms with Gasteiger partial charge in [-0.2, -0.15) is 0 Å². The Morgan fingerprint density at radius 2 is 1.89 bits per heavy atom. The Kier molecular flexibility index (Phi) is 5.50. The molecule has 0 N–H and O–H groups in total. The molecule has 4 rings (SSSR count).